The fraction of sp³-hybridized carbons (Fsp3) is 0.533. The van der Waals surface area contributed by atoms with Gasteiger partial charge in [-0.2, -0.15) is 0 Å². The molecule has 1 unspecified atom stereocenters. The van der Waals surface area contributed by atoms with Crippen LogP contribution in [0.15, 0.2) is 22.7 Å². The molecule has 0 aliphatic carbocycles. The Morgan fingerprint density at radius 1 is 1.47 bits per heavy atom. The second-order valence-electron chi connectivity index (χ2n) is 5.14. The summed E-state index contributed by atoms with van der Waals surface area (Å²) in [5.41, 5.74) is 1.51. The number of halogens is 1. The van der Waals surface area contributed by atoms with Gasteiger partial charge < -0.3 is 5.11 Å². The van der Waals surface area contributed by atoms with E-state index in [4.69, 9.17) is 5.11 Å². The molecular weight excluding hydrogens is 306 g/mol. The number of carbonyl (C=O) groups is 1. The smallest absolute Gasteiger partial charge is 0.335 e. The van der Waals surface area contributed by atoms with Crippen LogP contribution in [0.2, 0.25) is 0 Å². The lowest BCUT2D eigenvalue weighted by Crippen LogP contribution is -2.38. The molecule has 1 saturated heterocycles. The van der Waals surface area contributed by atoms with Crippen LogP contribution in [0.1, 0.15) is 48.5 Å². The minimum absolute atomic E-state index is 0.335. The van der Waals surface area contributed by atoms with E-state index in [0.717, 1.165) is 17.6 Å². The van der Waals surface area contributed by atoms with Gasteiger partial charge in [0.15, 0.2) is 0 Å². The molecule has 0 spiro atoms. The number of rotatable bonds is 4. The standard InChI is InChI=1S/C15H20BrNO2/c1-2-13-5-3-4-8-17(13)10-12-7-6-11(15(18)19)9-14(12)16/h6-7,9,13H,2-5,8,10H2,1H3,(H,18,19). The highest BCUT2D eigenvalue weighted by atomic mass is 79.9. The summed E-state index contributed by atoms with van der Waals surface area (Å²) < 4.78 is 0.896. The number of hydrogen-bond acceptors (Lipinski definition) is 2. The van der Waals surface area contributed by atoms with Crippen molar-refractivity contribution in [3.8, 4) is 0 Å². The van der Waals surface area contributed by atoms with Gasteiger partial charge in [-0.05, 0) is 43.5 Å². The van der Waals surface area contributed by atoms with Crippen molar-refractivity contribution in [2.24, 2.45) is 0 Å². The van der Waals surface area contributed by atoms with Gasteiger partial charge in [0.25, 0.3) is 0 Å². The van der Waals surface area contributed by atoms with Crippen molar-refractivity contribution in [2.75, 3.05) is 6.54 Å². The highest BCUT2D eigenvalue weighted by Crippen LogP contribution is 2.25. The van der Waals surface area contributed by atoms with Crippen LogP contribution in [0.4, 0.5) is 0 Å². The van der Waals surface area contributed by atoms with Crippen molar-refractivity contribution in [3.63, 3.8) is 0 Å². The molecule has 19 heavy (non-hydrogen) atoms. The first-order valence-electron chi connectivity index (χ1n) is 6.87. The molecule has 1 aliphatic rings. The van der Waals surface area contributed by atoms with Crippen LogP contribution < -0.4 is 0 Å². The predicted octanol–water partition coefficient (Wildman–Crippen LogP) is 3.91. The number of benzene rings is 1. The van der Waals surface area contributed by atoms with E-state index in [1.165, 1.54) is 31.2 Å². The minimum Gasteiger partial charge on any atom is -0.478 e. The zero-order valence-electron chi connectivity index (χ0n) is 11.2. The summed E-state index contributed by atoms with van der Waals surface area (Å²) in [4.78, 5) is 13.4. The van der Waals surface area contributed by atoms with E-state index >= 15 is 0 Å². The summed E-state index contributed by atoms with van der Waals surface area (Å²) in [5, 5.41) is 8.97. The molecule has 0 bridgehead atoms. The molecule has 0 radical (unpaired) electrons. The fourth-order valence-electron chi connectivity index (χ4n) is 2.76. The Balaban J connectivity index is 2.11. The largest absolute Gasteiger partial charge is 0.478 e. The van der Waals surface area contributed by atoms with Gasteiger partial charge >= 0.3 is 5.97 Å². The van der Waals surface area contributed by atoms with E-state index in [-0.39, 0.29) is 0 Å². The lowest BCUT2D eigenvalue weighted by molar-refractivity contribution is 0.0696. The van der Waals surface area contributed by atoms with E-state index in [9.17, 15) is 4.79 Å². The summed E-state index contributed by atoms with van der Waals surface area (Å²) in [6.07, 6.45) is 5.06. The lowest BCUT2D eigenvalue weighted by Gasteiger charge is -2.35. The molecule has 1 N–H and O–H groups in total. The van der Waals surface area contributed by atoms with E-state index < -0.39 is 5.97 Å². The molecule has 2 rings (SSSR count). The van der Waals surface area contributed by atoms with E-state index in [1.807, 2.05) is 6.07 Å². The van der Waals surface area contributed by atoms with Gasteiger partial charge in [-0.3, -0.25) is 4.90 Å². The predicted molar refractivity (Wildman–Crippen MR) is 79.4 cm³/mol. The Hall–Kier alpha value is -0.870. The number of carboxylic acid groups (broad SMARTS) is 1. The average molecular weight is 326 g/mol. The van der Waals surface area contributed by atoms with Gasteiger partial charge in [0.05, 0.1) is 5.56 Å². The third-order valence-corrected chi connectivity index (χ3v) is 4.63. The van der Waals surface area contributed by atoms with E-state index in [0.29, 0.717) is 11.6 Å². The SMILES string of the molecule is CCC1CCCCN1Cc1ccc(C(=O)O)cc1Br. The minimum atomic E-state index is -0.878. The van der Waals surface area contributed by atoms with Gasteiger partial charge in [0.2, 0.25) is 0 Å². The maximum Gasteiger partial charge on any atom is 0.335 e. The maximum atomic E-state index is 10.9. The summed E-state index contributed by atoms with van der Waals surface area (Å²) in [6.45, 7) is 4.29. The molecular formula is C15H20BrNO2. The van der Waals surface area contributed by atoms with Crippen LogP contribution in [0, 0.1) is 0 Å². The van der Waals surface area contributed by atoms with Crippen molar-refractivity contribution in [2.45, 2.75) is 45.2 Å². The van der Waals surface area contributed by atoms with Gasteiger partial charge in [0, 0.05) is 17.1 Å². The van der Waals surface area contributed by atoms with Gasteiger partial charge in [0.1, 0.15) is 0 Å². The monoisotopic (exact) mass is 325 g/mol. The van der Waals surface area contributed by atoms with Gasteiger partial charge in [-0.15, -0.1) is 0 Å². The second-order valence-corrected chi connectivity index (χ2v) is 5.99. The summed E-state index contributed by atoms with van der Waals surface area (Å²) in [5.74, 6) is -0.878. The Labute approximate surface area is 122 Å². The van der Waals surface area contributed by atoms with Crippen molar-refractivity contribution in [1.82, 2.24) is 4.90 Å². The first kappa shape index (κ1) is 14.5. The Morgan fingerprint density at radius 2 is 2.26 bits per heavy atom. The van der Waals surface area contributed by atoms with E-state index in [1.54, 1.807) is 12.1 Å². The fourth-order valence-corrected chi connectivity index (χ4v) is 3.26. The Morgan fingerprint density at radius 3 is 2.89 bits per heavy atom. The van der Waals surface area contributed by atoms with Crippen LogP contribution in [-0.4, -0.2) is 28.6 Å². The highest BCUT2D eigenvalue weighted by molar-refractivity contribution is 9.10. The summed E-state index contributed by atoms with van der Waals surface area (Å²) in [7, 11) is 0. The molecule has 0 aromatic heterocycles. The molecule has 1 fully saturated rings. The van der Waals surface area contributed by atoms with Crippen LogP contribution in [0.3, 0.4) is 0 Å². The molecule has 1 heterocycles. The van der Waals surface area contributed by atoms with Crippen LogP contribution in [0.5, 0.6) is 0 Å². The van der Waals surface area contributed by atoms with E-state index in [2.05, 4.69) is 27.8 Å². The average Bonchev–Trinajstić information content (AvgIpc) is 2.41. The molecule has 104 valence electrons. The molecule has 1 aliphatic heterocycles. The lowest BCUT2D eigenvalue weighted by atomic mass is 9.99. The number of aromatic carboxylic acids is 1. The summed E-state index contributed by atoms with van der Waals surface area (Å²) in [6, 6.07) is 5.98. The first-order chi connectivity index (χ1) is 9.11. The third-order valence-electron chi connectivity index (χ3n) is 3.89. The van der Waals surface area contributed by atoms with Gasteiger partial charge in [-0.25, -0.2) is 4.79 Å². The van der Waals surface area contributed by atoms with Crippen molar-refractivity contribution in [1.29, 1.82) is 0 Å². The zero-order valence-corrected chi connectivity index (χ0v) is 12.8. The van der Waals surface area contributed by atoms with Crippen molar-refractivity contribution < 1.29 is 9.90 Å². The quantitative estimate of drug-likeness (QED) is 0.912. The number of nitrogens with zero attached hydrogens (tertiary/aromatic N) is 1. The Bertz CT molecular complexity index is 461. The summed E-state index contributed by atoms with van der Waals surface area (Å²) >= 11 is 3.49. The topological polar surface area (TPSA) is 40.5 Å². The molecule has 0 amide bonds. The van der Waals surface area contributed by atoms with Crippen LogP contribution in [-0.2, 0) is 6.54 Å². The number of piperidine rings is 1. The zero-order chi connectivity index (χ0) is 13.8. The molecule has 1 aromatic rings. The van der Waals surface area contributed by atoms with Crippen LogP contribution >= 0.6 is 15.9 Å². The molecule has 1 aromatic carbocycles. The third kappa shape index (κ3) is 3.57. The Kier molecular flexibility index (Phi) is 4.99. The van der Waals surface area contributed by atoms with Crippen molar-refractivity contribution >= 4 is 21.9 Å². The number of hydrogen-bond donors (Lipinski definition) is 1. The number of likely N-dealkylation sites (tertiary alicyclic amines) is 1. The second kappa shape index (κ2) is 6.53. The van der Waals surface area contributed by atoms with Gasteiger partial charge in [-0.1, -0.05) is 35.3 Å². The molecule has 3 nitrogen and oxygen atoms in total. The van der Waals surface area contributed by atoms with Crippen molar-refractivity contribution in [3.05, 3.63) is 33.8 Å². The normalized spacial score (nSPS) is 20.4. The number of carboxylic acids is 1. The molecule has 4 heteroatoms. The molecule has 1 atom stereocenters. The highest BCUT2D eigenvalue weighted by Gasteiger charge is 2.21. The maximum absolute atomic E-state index is 10.9. The van der Waals surface area contributed by atoms with Crippen LogP contribution in [0.25, 0.3) is 0 Å². The first-order valence-corrected chi connectivity index (χ1v) is 7.67. The molecule has 0 saturated carbocycles.